The van der Waals surface area contributed by atoms with Gasteiger partial charge >= 0.3 is 0 Å². The van der Waals surface area contributed by atoms with E-state index in [1.54, 1.807) is 7.05 Å². The van der Waals surface area contributed by atoms with Crippen molar-refractivity contribution in [2.45, 2.75) is 32.6 Å². The molecule has 1 aliphatic rings. The molecule has 0 unspecified atom stereocenters. The van der Waals surface area contributed by atoms with Crippen LogP contribution in [0.1, 0.15) is 45.9 Å². The van der Waals surface area contributed by atoms with E-state index < -0.39 is 0 Å². The van der Waals surface area contributed by atoms with Gasteiger partial charge in [-0.1, -0.05) is 30.3 Å². The van der Waals surface area contributed by atoms with Crippen molar-refractivity contribution in [3.63, 3.8) is 0 Å². The third-order valence-corrected chi connectivity index (χ3v) is 5.57. The molecule has 5 nitrogen and oxygen atoms in total. The fourth-order valence-corrected chi connectivity index (χ4v) is 3.53. The monoisotopic (exact) mass is 387 g/mol. The van der Waals surface area contributed by atoms with Crippen LogP contribution in [0.15, 0.2) is 48.5 Å². The van der Waals surface area contributed by atoms with Crippen LogP contribution < -0.4 is 5.32 Å². The SMILES string of the molecule is Cc1cccc(NC(=O)CN(C)C(=O)c2cc(C3CC3)nc3ccccc23)c1C. The molecule has 0 aliphatic heterocycles. The van der Waals surface area contributed by atoms with E-state index in [1.807, 2.05) is 62.4 Å². The molecule has 1 aliphatic carbocycles. The van der Waals surface area contributed by atoms with Gasteiger partial charge in [-0.2, -0.15) is 0 Å². The smallest absolute Gasteiger partial charge is 0.254 e. The number of para-hydroxylation sites is 1. The van der Waals surface area contributed by atoms with Crippen LogP contribution in [0.2, 0.25) is 0 Å². The van der Waals surface area contributed by atoms with Gasteiger partial charge in [0.2, 0.25) is 5.91 Å². The maximum atomic E-state index is 13.2. The molecule has 1 saturated carbocycles. The molecule has 0 saturated heterocycles. The molecule has 1 heterocycles. The Balaban J connectivity index is 1.55. The number of nitrogens with zero attached hydrogens (tertiary/aromatic N) is 2. The maximum absolute atomic E-state index is 13.2. The number of carbonyl (C=O) groups excluding carboxylic acids is 2. The minimum Gasteiger partial charge on any atom is -0.332 e. The number of amides is 2. The summed E-state index contributed by atoms with van der Waals surface area (Å²) in [4.78, 5) is 31.9. The van der Waals surface area contributed by atoms with Crippen LogP contribution in [0.5, 0.6) is 0 Å². The van der Waals surface area contributed by atoms with E-state index in [0.717, 1.165) is 46.3 Å². The number of likely N-dealkylation sites (N-methyl/N-ethyl adjacent to an activating group) is 1. The van der Waals surface area contributed by atoms with E-state index in [2.05, 4.69) is 5.32 Å². The van der Waals surface area contributed by atoms with Gasteiger partial charge in [0.05, 0.1) is 17.6 Å². The lowest BCUT2D eigenvalue weighted by Crippen LogP contribution is -2.35. The Morgan fingerprint density at radius 1 is 1.10 bits per heavy atom. The number of carbonyl (C=O) groups is 2. The van der Waals surface area contributed by atoms with E-state index in [1.165, 1.54) is 4.90 Å². The number of hydrogen-bond donors (Lipinski definition) is 1. The van der Waals surface area contributed by atoms with Crippen LogP contribution in [0, 0.1) is 13.8 Å². The van der Waals surface area contributed by atoms with Crippen LogP contribution in [0.25, 0.3) is 10.9 Å². The molecule has 5 heteroatoms. The van der Waals surface area contributed by atoms with Crippen molar-refractivity contribution in [3.8, 4) is 0 Å². The minimum atomic E-state index is -0.213. The predicted molar refractivity (Wildman–Crippen MR) is 115 cm³/mol. The third-order valence-electron chi connectivity index (χ3n) is 5.57. The number of aromatic nitrogens is 1. The van der Waals surface area contributed by atoms with Crippen molar-refractivity contribution in [3.05, 3.63) is 70.9 Å². The average Bonchev–Trinajstić information content (AvgIpc) is 3.55. The lowest BCUT2D eigenvalue weighted by atomic mass is 10.0. The Morgan fingerprint density at radius 3 is 2.62 bits per heavy atom. The van der Waals surface area contributed by atoms with Gasteiger partial charge in [0, 0.05) is 29.7 Å². The fraction of sp³-hybridized carbons (Fsp3) is 0.292. The molecule has 29 heavy (non-hydrogen) atoms. The highest BCUT2D eigenvalue weighted by molar-refractivity contribution is 6.07. The summed E-state index contributed by atoms with van der Waals surface area (Å²) in [5.74, 6) is 0.0704. The molecule has 2 aromatic carbocycles. The fourth-order valence-electron chi connectivity index (χ4n) is 3.53. The van der Waals surface area contributed by atoms with Gasteiger partial charge in [0.15, 0.2) is 0 Å². The van der Waals surface area contributed by atoms with Crippen LogP contribution >= 0.6 is 0 Å². The summed E-state index contributed by atoms with van der Waals surface area (Å²) < 4.78 is 0. The van der Waals surface area contributed by atoms with Crippen molar-refractivity contribution >= 4 is 28.4 Å². The molecular weight excluding hydrogens is 362 g/mol. The quantitative estimate of drug-likeness (QED) is 0.704. The van der Waals surface area contributed by atoms with E-state index in [-0.39, 0.29) is 18.4 Å². The molecule has 1 fully saturated rings. The number of nitrogens with one attached hydrogen (secondary N) is 1. The Kier molecular flexibility index (Phi) is 5.05. The Morgan fingerprint density at radius 2 is 1.86 bits per heavy atom. The Labute approximate surface area is 170 Å². The first-order valence-corrected chi connectivity index (χ1v) is 9.95. The lowest BCUT2D eigenvalue weighted by Gasteiger charge is -2.19. The Bertz CT molecular complexity index is 1100. The molecule has 0 spiro atoms. The number of fused-ring (bicyclic) bond motifs is 1. The predicted octanol–water partition coefficient (Wildman–Crippen LogP) is 4.44. The average molecular weight is 387 g/mol. The number of aryl methyl sites for hydroxylation is 1. The second kappa shape index (κ2) is 7.66. The zero-order valence-electron chi connectivity index (χ0n) is 17.0. The summed E-state index contributed by atoms with van der Waals surface area (Å²) in [6.45, 7) is 3.97. The largest absolute Gasteiger partial charge is 0.332 e. The van der Waals surface area contributed by atoms with Crippen LogP contribution in [-0.2, 0) is 4.79 Å². The van der Waals surface area contributed by atoms with Crippen molar-refractivity contribution in [2.75, 3.05) is 18.9 Å². The van der Waals surface area contributed by atoms with Gasteiger partial charge < -0.3 is 10.2 Å². The number of anilines is 1. The number of benzene rings is 2. The Hall–Kier alpha value is -3.21. The van der Waals surface area contributed by atoms with Gasteiger partial charge in [0.1, 0.15) is 0 Å². The van der Waals surface area contributed by atoms with E-state index in [4.69, 9.17) is 4.98 Å². The van der Waals surface area contributed by atoms with E-state index in [9.17, 15) is 9.59 Å². The normalized spacial score (nSPS) is 13.3. The second-order valence-corrected chi connectivity index (χ2v) is 7.84. The maximum Gasteiger partial charge on any atom is 0.254 e. The molecule has 3 aromatic rings. The van der Waals surface area contributed by atoms with Gasteiger partial charge in [-0.05, 0) is 56.0 Å². The minimum absolute atomic E-state index is 0.0123. The van der Waals surface area contributed by atoms with Gasteiger partial charge in [-0.3, -0.25) is 14.6 Å². The van der Waals surface area contributed by atoms with Crippen molar-refractivity contribution in [1.82, 2.24) is 9.88 Å². The number of rotatable bonds is 5. The van der Waals surface area contributed by atoms with Crippen molar-refractivity contribution < 1.29 is 9.59 Å². The highest BCUT2D eigenvalue weighted by Gasteiger charge is 2.27. The summed E-state index contributed by atoms with van der Waals surface area (Å²) >= 11 is 0. The molecule has 0 radical (unpaired) electrons. The summed E-state index contributed by atoms with van der Waals surface area (Å²) in [7, 11) is 1.66. The molecule has 148 valence electrons. The molecule has 2 amide bonds. The molecule has 1 N–H and O–H groups in total. The first-order chi connectivity index (χ1) is 13.9. The molecule has 0 atom stereocenters. The molecular formula is C24H25N3O2. The summed E-state index contributed by atoms with van der Waals surface area (Å²) in [5, 5.41) is 3.74. The number of pyridine rings is 1. The van der Waals surface area contributed by atoms with Crippen molar-refractivity contribution in [1.29, 1.82) is 0 Å². The summed E-state index contributed by atoms with van der Waals surface area (Å²) in [6.07, 6.45) is 2.24. The zero-order chi connectivity index (χ0) is 20.5. The van der Waals surface area contributed by atoms with Gasteiger partial charge in [0.25, 0.3) is 5.91 Å². The second-order valence-electron chi connectivity index (χ2n) is 7.84. The first kappa shape index (κ1) is 19.1. The third kappa shape index (κ3) is 3.99. The highest BCUT2D eigenvalue weighted by Crippen LogP contribution is 2.40. The van der Waals surface area contributed by atoms with Crippen molar-refractivity contribution in [2.24, 2.45) is 0 Å². The van der Waals surface area contributed by atoms with Gasteiger partial charge in [-0.15, -0.1) is 0 Å². The van der Waals surface area contributed by atoms with E-state index in [0.29, 0.717) is 11.5 Å². The highest BCUT2D eigenvalue weighted by atomic mass is 16.2. The number of hydrogen-bond acceptors (Lipinski definition) is 3. The van der Waals surface area contributed by atoms with E-state index >= 15 is 0 Å². The molecule has 1 aromatic heterocycles. The zero-order valence-corrected chi connectivity index (χ0v) is 17.0. The summed E-state index contributed by atoms with van der Waals surface area (Å²) in [6, 6.07) is 15.4. The van der Waals surface area contributed by atoms with Crippen LogP contribution in [-0.4, -0.2) is 35.3 Å². The summed E-state index contributed by atoms with van der Waals surface area (Å²) in [5.41, 5.74) is 5.33. The molecule has 0 bridgehead atoms. The standard InChI is InChI=1S/C24H25N3O2/c1-15-7-6-10-20(16(15)2)26-23(28)14-27(3)24(29)19-13-22(17-11-12-17)25-21-9-5-4-8-18(19)21/h4-10,13,17H,11-12,14H2,1-3H3,(H,26,28). The van der Waals surface area contributed by atoms with Gasteiger partial charge in [-0.25, -0.2) is 0 Å². The lowest BCUT2D eigenvalue weighted by molar-refractivity contribution is -0.116. The van der Waals surface area contributed by atoms with Crippen LogP contribution in [0.4, 0.5) is 5.69 Å². The topological polar surface area (TPSA) is 62.3 Å². The van der Waals surface area contributed by atoms with Crippen LogP contribution in [0.3, 0.4) is 0 Å². The first-order valence-electron chi connectivity index (χ1n) is 9.95. The molecule has 4 rings (SSSR count).